The molecule has 3 N–H and O–H groups in total. The van der Waals surface area contributed by atoms with Crippen molar-refractivity contribution < 1.29 is 23.2 Å². The zero-order valence-electron chi connectivity index (χ0n) is 15.9. The molecule has 1 heterocycles. The van der Waals surface area contributed by atoms with Gasteiger partial charge in [0, 0.05) is 31.0 Å². The van der Waals surface area contributed by atoms with Crippen LogP contribution in [0.5, 0.6) is 0 Å². The van der Waals surface area contributed by atoms with E-state index in [1.54, 1.807) is 10.4 Å². The summed E-state index contributed by atoms with van der Waals surface area (Å²) in [6, 6.07) is 9.63. The summed E-state index contributed by atoms with van der Waals surface area (Å²) in [7, 11) is -3.41. The fourth-order valence-corrected chi connectivity index (χ4v) is 5.26. The van der Waals surface area contributed by atoms with Crippen molar-refractivity contribution in [1.29, 1.82) is 0 Å². The average Bonchev–Trinajstić information content (AvgIpc) is 3.16. The number of benzene rings is 1. The zero-order chi connectivity index (χ0) is 20.3. The summed E-state index contributed by atoms with van der Waals surface area (Å²) in [6.07, 6.45) is 3.01. The Morgan fingerprint density at radius 2 is 1.82 bits per heavy atom. The van der Waals surface area contributed by atoms with Crippen LogP contribution in [0.15, 0.2) is 30.3 Å². The molecule has 3 unspecified atom stereocenters. The highest BCUT2D eigenvalue weighted by atomic mass is 32.2. The molecule has 0 aromatic heterocycles. The van der Waals surface area contributed by atoms with E-state index in [9.17, 15) is 18.0 Å². The molecular formula is C19H27N3O5S. The van der Waals surface area contributed by atoms with E-state index < -0.39 is 33.8 Å². The number of nitrogens with one attached hydrogen (secondary N) is 2. The molecule has 1 aromatic rings. The molecule has 2 amide bonds. The number of hydroxylamine groups is 1. The molecule has 1 saturated heterocycles. The Balaban J connectivity index is 1.69. The van der Waals surface area contributed by atoms with Crippen LogP contribution in [0.2, 0.25) is 0 Å². The van der Waals surface area contributed by atoms with Crippen LogP contribution in [0, 0.1) is 11.8 Å². The van der Waals surface area contributed by atoms with Gasteiger partial charge in [0.1, 0.15) is 0 Å². The lowest BCUT2D eigenvalue weighted by Gasteiger charge is -2.36. The standard InChI is InChI=1S/C19H27N3O5S/c1-28(26,27)21-15-7-8-16(17(11-15)18(23)20-25)19(24)22-10-9-14(12-22)13-5-3-2-4-6-13/h2-6,14-17,21,25H,7-12H2,1H3,(H,20,23)/t14-,15?,16?,17?/m0/s1. The van der Waals surface area contributed by atoms with Crippen molar-refractivity contribution in [3.63, 3.8) is 0 Å². The van der Waals surface area contributed by atoms with Gasteiger partial charge in [-0.05, 0) is 31.2 Å². The lowest BCUT2D eigenvalue weighted by atomic mass is 9.76. The van der Waals surface area contributed by atoms with Gasteiger partial charge in [0.15, 0.2) is 0 Å². The predicted molar refractivity (Wildman–Crippen MR) is 103 cm³/mol. The summed E-state index contributed by atoms with van der Waals surface area (Å²) in [4.78, 5) is 27.1. The molecule has 1 aromatic carbocycles. The number of carbonyl (C=O) groups excluding carboxylic acids is 2. The first-order valence-electron chi connectivity index (χ1n) is 9.53. The fourth-order valence-electron chi connectivity index (χ4n) is 4.44. The quantitative estimate of drug-likeness (QED) is 0.492. The second-order valence-electron chi connectivity index (χ2n) is 7.77. The average molecular weight is 410 g/mol. The van der Waals surface area contributed by atoms with Gasteiger partial charge >= 0.3 is 0 Å². The second kappa shape index (κ2) is 8.59. The highest BCUT2D eigenvalue weighted by Gasteiger charge is 2.42. The number of nitrogens with zero attached hydrogens (tertiary/aromatic N) is 1. The Kier molecular flexibility index (Phi) is 6.36. The molecule has 3 rings (SSSR count). The van der Waals surface area contributed by atoms with Crippen LogP contribution in [0.4, 0.5) is 0 Å². The molecule has 1 aliphatic carbocycles. The molecule has 2 aliphatic rings. The number of likely N-dealkylation sites (tertiary alicyclic amines) is 1. The Morgan fingerprint density at radius 3 is 2.46 bits per heavy atom. The first-order valence-corrected chi connectivity index (χ1v) is 11.4. The van der Waals surface area contributed by atoms with Crippen LogP contribution in [0.3, 0.4) is 0 Å². The first-order chi connectivity index (χ1) is 13.3. The first kappa shape index (κ1) is 20.8. The van der Waals surface area contributed by atoms with Crippen molar-refractivity contribution in [3.05, 3.63) is 35.9 Å². The predicted octanol–water partition coefficient (Wildman–Crippen LogP) is 0.842. The van der Waals surface area contributed by atoms with E-state index in [4.69, 9.17) is 5.21 Å². The Labute approximate surface area is 165 Å². The highest BCUT2D eigenvalue weighted by Crippen LogP contribution is 2.35. The normalized spacial score (nSPS) is 28.1. The van der Waals surface area contributed by atoms with Gasteiger partial charge < -0.3 is 4.90 Å². The lowest BCUT2D eigenvalue weighted by molar-refractivity contribution is -0.146. The maximum Gasteiger partial charge on any atom is 0.247 e. The van der Waals surface area contributed by atoms with E-state index in [0.29, 0.717) is 25.9 Å². The summed E-state index contributed by atoms with van der Waals surface area (Å²) in [5, 5.41) is 9.10. The van der Waals surface area contributed by atoms with Gasteiger partial charge in [-0.25, -0.2) is 18.6 Å². The minimum absolute atomic E-state index is 0.0927. The van der Waals surface area contributed by atoms with Gasteiger partial charge in [-0.1, -0.05) is 30.3 Å². The minimum atomic E-state index is -3.41. The lowest BCUT2D eigenvalue weighted by Crippen LogP contribution is -2.49. The van der Waals surface area contributed by atoms with Crippen molar-refractivity contribution in [1.82, 2.24) is 15.1 Å². The molecule has 4 atom stereocenters. The van der Waals surface area contributed by atoms with Crippen molar-refractivity contribution in [2.75, 3.05) is 19.3 Å². The smallest absolute Gasteiger partial charge is 0.247 e. The van der Waals surface area contributed by atoms with Crippen LogP contribution in [0.1, 0.15) is 37.2 Å². The molecule has 1 saturated carbocycles. The van der Waals surface area contributed by atoms with Gasteiger partial charge in [-0.2, -0.15) is 0 Å². The molecule has 8 nitrogen and oxygen atoms in total. The van der Waals surface area contributed by atoms with Crippen molar-refractivity contribution >= 4 is 21.8 Å². The van der Waals surface area contributed by atoms with E-state index in [-0.39, 0.29) is 18.2 Å². The minimum Gasteiger partial charge on any atom is -0.342 e. The summed E-state index contributed by atoms with van der Waals surface area (Å²) >= 11 is 0. The molecule has 154 valence electrons. The van der Waals surface area contributed by atoms with Crippen LogP contribution >= 0.6 is 0 Å². The monoisotopic (exact) mass is 409 g/mol. The van der Waals surface area contributed by atoms with E-state index in [2.05, 4.69) is 16.9 Å². The van der Waals surface area contributed by atoms with Gasteiger partial charge in [0.25, 0.3) is 0 Å². The van der Waals surface area contributed by atoms with E-state index >= 15 is 0 Å². The van der Waals surface area contributed by atoms with E-state index in [1.165, 1.54) is 5.56 Å². The Morgan fingerprint density at radius 1 is 1.11 bits per heavy atom. The summed E-state index contributed by atoms with van der Waals surface area (Å²) < 4.78 is 25.5. The zero-order valence-corrected chi connectivity index (χ0v) is 16.7. The molecular weight excluding hydrogens is 382 g/mol. The summed E-state index contributed by atoms with van der Waals surface area (Å²) in [6.45, 7) is 1.24. The van der Waals surface area contributed by atoms with Crippen molar-refractivity contribution in [2.24, 2.45) is 11.8 Å². The van der Waals surface area contributed by atoms with Gasteiger partial charge in [0.05, 0.1) is 12.2 Å². The fraction of sp³-hybridized carbons (Fsp3) is 0.579. The number of hydrogen-bond acceptors (Lipinski definition) is 5. The summed E-state index contributed by atoms with van der Waals surface area (Å²) in [5.74, 6) is -1.78. The molecule has 28 heavy (non-hydrogen) atoms. The van der Waals surface area contributed by atoms with E-state index in [0.717, 1.165) is 12.7 Å². The van der Waals surface area contributed by atoms with Crippen LogP contribution in [-0.2, 0) is 19.6 Å². The largest absolute Gasteiger partial charge is 0.342 e. The molecule has 1 aliphatic heterocycles. The van der Waals surface area contributed by atoms with Crippen molar-refractivity contribution in [3.8, 4) is 0 Å². The number of carbonyl (C=O) groups is 2. The molecule has 2 fully saturated rings. The van der Waals surface area contributed by atoms with Crippen LogP contribution in [0.25, 0.3) is 0 Å². The third kappa shape index (κ3) is 4.89. The van der Waals surface area contributed by atoms with Crippen molar-refractivity contribution in [2.45, 2.75) is 37.6 Å². The Hall–Kier alpha value is -1.97. The van der Waals surface area contributed by atoms with Gasteiger partial charge in [-0.15, -0.1) is 0 Å². The van der Waals surface area contributed by atoms with Gasteiger partial charge in [-0.3, -0.25) is 14.8 Å². The molecule has 0 bridgehead atoms. The topological polar surface area (TPSA) is 116 Å². The second-order valence-corrected chi connectivity index (χ2v) is 9.55. The maximum atomic E-state index is 13.1. The van der Waals surface area contributed by atoms with Crippen LogP contribution in [-0.4, -0.2) is 55.7 Å². The number of hydrogen-bond donors (Lipinski definition) is 3. The third-order valence-electron chi connectivity index (χ3n) is 5.77. The third-order valence-corrected chi connectivity index (χ3v) is 6.53. The maximum absolute atomic E-state index is 13.1. The van der Waals surface area contributed by atoms with Crippen LogP contribution < -0.4 is 10.2 Å². The van der Waals surface area contributed by atoms with E-state index in [1.807, 2.05) is 18.2 Å². The van der Waals surface area contributed by atoms with Gasteiger partial charge in [0.2, 0.25) is 21.8 Å². The summed E-state index contributed by atoms with van der Waals surface area (Å²) in [5.41, 5.74) is 2.84. The highest BCUT2D eigenvalue weighted by molar-refractivity contribution is 7.88. The molecule has 0 spiro atoms. The SMILES string of the molecule is CS(=O)(=O)NC1CCC(C(=O)N2CC[C@H](c3ccccc3)C2)C(C(=O)NO)C1. The number of rotatable bonds is 5. The Bertz CT molecular complexity index is 814. The molecule has 0 radical (unpaired) electrons. The number of amides is 2. The molecule has 9 heteroatoms. The number of sulfonamides is 1.